The Balaban J connectivity index is 1.54. The van der Waals surface area contributed by atoms with Gasteiger partial charge in [-0.1, -0.05) is 12.1 Å². The molecule has 1 aromatic carbocycles. The minimum atomic E-state index is -0.574. The molecular weight excluding hydrogens is 318 g/mol. The molecule has 4 rings (SSSR count). The van der Waals surface area contributed by atoms with Crippen LogP contribution in [0.5, 0.6) is 0 Å². The van der Waals surface area contributed by atoms with E-state index in [0.29, 0.717) is 31.7 Å². The number of rotatable bonds is 2. The zero-order valence-electron chi connectivity index (χ0n) is 14.0. The average molecular weight is 339 g/mol. The standard InChI is InChI=1S/C17H21N7O/c1-19-13-10-14(22-16(18)21-13)24-8-6-17(7-9-24)15(25)20-11-4-2-3-5-12(11)23-17/h2-5,10,23H,6-9H2,1H3,(H,20,25)(H3,18,19,21,22). The fourth-order valence-electron chi connectivity index (χ4n) is 3.47. The number of carbonyl (C=O) groups is 1. The molecule has 5 N–H and O–H groups in total. The second kappa shape index (κ2) is 5.80. The van der Waals surface area contributed by atoms with E-state index in [1.165, 1.54) is 0 Å². The van der Waals surface area contributed by atoms with Crippen molar-refractivity contribution in [3.63, 3.8) is 0 Å². The van der Waals surface area contributed by atoms with E-state index >= 15 is 0 Å². The van der Waals surface area contributed by atoms with Crippen LogP contribution in [0.4, 0.5) is 29.0 Å². The highest BCUT2D eigenvalue weighted by atomic mass is 16.2. The highest BCUT2D eigenvalue weighted by molar-refractivity contribution is 6.06. The number of piperidine rings is 1. The lowest BCUT2D eigenvalue weighted by Crippen LogP contribution is -2.58. The summed E-state index contributed by atoms with van der Waals surface area (Å²) in [6.07, 6.45) is 1.37. The topological polar surface area (TPSA) is 108 Å². The molecule has 130 valence electrons. The molecule has 0 aliphatic carbocycles. The van der Waals surface area contributed by atoms with E-state index in [9.17, 15) is 4.79 Å². The Hall–Kier alpha value is -3.03. The molecule has 1 fully saturated rings. The van der Waals surface area contributed by atoms with Gasteiger partial charge in [-0.25, -0.2) is 0 Å². The van der Waals surface area contributed by atoms with Gasteiger partial charge in [0.25, 0.3) is 0 Å². The van der Waals surface area contributed by atoms with E-state index < -0.39 is 5.54 Å². The van der Waals surface area contributed by atoms with Gasteiger partial charge in [-0.2, -0.15) is 9.97 Å². The summed E-state index contributed by atoms with van der Waals surface area (Å²) < 4.78 is 0. The number of carbonyl (C=O) groups excluding carboxylic acids is 1. The van der Waals surface area contributed by atoms with Crippen molar-refractivity contribution < 1.29 is 4.79 Å². The predicted octanol–water partition coefficient (Wildman–Crippen LogP) is 1.50. The van der Waals surface area contributed by atoms with E-state index in [0.717, 1.165) is 17.2 Å². The molecule has 1 spiro atoms. The number of hydrogen-bond donors (Lipinski definition) is 4. The molecule has 2 aliphatic rings. The lowest BCUT2D eigenvalue weighted by atomic mass is 9.84. The van der Waals surface area contributed by atoms with Gasteiger partial charge < -0.3 is 26.6 Å². The number of para-hydroxylation sites is 2. The summed E-state index contributed by atoms with van der Waals surface area (Å²) in [6, 6.07) is 9.66. The van der Waals surface area contributed by atoms with Gasteiger partial charge in [-0.15, -0.1) is 0 Å². The molecule has 0 unspecified atom stereocenters. The zero-order valence-corrected chi connectivity index (χ0v) is 14.0. The molecule has 8 heteroatoms. The quantitative estimate of drug-likeness (QED) is 0.656. The molecule has 1 saturated heterocycles. The van der Waals surface area contributed by atoms with Gasteiger partial charge in [0.05, 0.1) is 11.4 Å². The largest absolute Gasteiger partial charge is 0.373 e. The number of nitrogens with two attached hydrogens (primary N) is 1. The van der Waals surface area contributed by atoms with Crippen molar-refractivity contribution >= 4 is 34.9 Å². The minimum absolute atomic E-state index is 0.0314. The van der Waals surface area contributed by atoms with Crippen LogP contribution in [0.25, 0.3) is 0 Å². The molecule has 1 amide bonds. The monoisotopic (exact) mass is 339 g/mol. The number of anilines is 5. The fraction of sp³-hybridized carbons (Fsp3) is 0.353. The third-order valence-corrected chi connectivity index (χ3v) is 4.91. The number of aromatic nitrogens is 2. The van der Waals surface area contributed by atoms with E-state index in [2.05, 4.69) is 30.8 Å². The van der Waals surface area contributed by atoms with Gasteiger partial charge >= 0.3 is 0 Å². The number of hydrogen-bond acceptors (Lipinski definition) is 7. The average Bonchev–Trinajstić information content (AvgIpc) is 2.63. The van der Waals surface area contributed by atoms with Crippen molar-refractivity contribution in [1.29, 1.82) is 0 Å². The van der Waals surface area contributed by atoms with E-state index in [4.69, 9.17) is 5.73 Å². The first-order valence-electron chi connectivity index (χ1n) is 8.36. The first-order valence-corrected chi connectivity index (χ1v) is 8.36. The maximum atomic E-state index is 12.7. The Morgan fingerprint density at radius 1 is 1.20 bits per heavy atom. The van der Waals surface area contributed by atoms with Crippen LogP contribution < -0.4 is 26.6 Å². The highest BCUT2D eigenvalue weighted by Crippen LogP contribution is 2.37. The smallest absolute Gasteiger partial charge is 0.250 e. The number of amides is 1. The molecule has 25 heavy (non-hydrogen) atoms. The first-order chi connectivity index (χ1) is 12.1. The van der Waals surface area contributed by atoms with Gasteiger partial charge in [0.15, 0.2) is 0 Å². The van der Waals surface area contributed by atoms with E-state index in [-0.39, 0.29) is 11.9 Å². The predicted molar refractivity (Wildman–Crippen MR) is 98.9 cm³/mol. The third-order valence-electron chi connectivity index (χ3n) is 4.91. The summed E-state index contributed by atoms with van der Waals surface area (Å²) in [5.74, 6) is 1.74. The van der Waals surface area contributed by atoms with Crippen LogP contribution in [0.2, 0.25) is 0 Å². The molecule has 8 nitrogen and oxygen atoms in total. The normalized spacial score (nSPS) is 18.3. The summed E-state index contributed by atoms with van der Waals surface area (Å²) in [6.45, 7) is 1.42. The molecule has 2 aliphatic heterocycles. The van der Waals surface area contributed by atoms with Crippen molar-refractivity contribution in [2.24, 2.45) is 0 Å². The molecule has 3 heterocycles. The van der Waals surface area contributed by atoms with Crippen LogP contribution in [0, 0.1) is 0 Å². The molecule has 0 radical (unpaired) electrons. The SMILES string of the molecule is CNc1cc(N2CCC3(CC2)Nc2ccccc2NC3=O)nc(N)n1. The van der Waals surface area contributed by atoms with Gasteiger partial charge in [-0.3, -0.25) is 4.79 Å². The Morgan fingerprint density at radius 3 is 2.64 bits per heavy atom. The van der Waals surface area contributed by atoms with Crippen molar-refractivity contribution in [3.8, 4) is 0 Å². The molecule has 0 saturated carbocycles. The Kier molecular flexibility index (Phi) is 3.60. The Labute approximate surface area is 145 Å². The summed E-state index contributed by atoms with van der Waals surface area (Å²) >= 11 is 0. The molecular formula is C17H21N7O. The van der Waals surface area contributed by atoms with Crippen LogP contribution in [0.1, 0.15) is 12.8 Å². The Bertz CT molecular complexity index is 814. The Morgan fingerprint density at radius 2 is 1.92 bits per heavy atom. The second-order valence-electron chi connectivity index (χ2n) is 6.41. The van der Waals surface area contributed by atoms with Crippen molar-refractivity contribution in [2.45, 2.75) is 18.4 Å². The van der Waals surface area contributed by atoms with Gasteiger partial charge in [0.1, 0.15) is 17.2 Å². The lowest BCUT2D eigenvalue weighted by Gasteiger charge is -2.44. The van der Waals surface area contributed by atoms with Crippen LogP contribution in [0.15, 0.2) is 30.3 Å². The van der Waals surface area contributed by atoms with Crippen LogP contribution in [0.3, 0.4) is 0 Å². The number of benzene rings is 1. The summed E-state index contributed by atoms with van der Waals surface area (Å²) in [5.41, 5.74) is 7.02. The lowest BCUT2D eigenvalue weighted by molar-refractivity contribution is -0.121. The van der Waals surface area contributed by atoms with Crippen molar-refractivity contribution in [1.82, 2.24) is 9.97 Å². The van der Waals surface area contributed by atoms with Crippen LogP contribution >= 0.6 is 0 Å². The number of nitrogens with one attached hydrogen (secondary N) is 3. The second-order valence-corrected chi connectivity index (χ2v) is 6.41. The third kappa shape index (κ3) is 2.69. The molecule has 0 bridgehead atoms. The summed E-state index contributed by atoms with van der Waals surface area (Å²) in [4.78, 5) is 23.3. The van der Waals surface area contributed by atoms with Crippen LogP contribution in [-0.4, -0.2) is 41.6 Å². The maximum absolute atomic E-state index is 12.7. The molecule has 2 aromatic rings. The van der Waals surface area contributed by atoms with Gasteiger partial charge in [0, 0.05) is 26.2 Å². The molecule has 1 aromatic heterocycles. The zero-order chi connectivity index (χ0) is 17.4. The molecule has 0 atom stereocenters. The van der Waals surface area contributed by atoms with Gasteiger partial charge in [-0.05, 0) is 25.0 Å². The summed E-state index contributed by atoms with van der Waals surface area (Å²) in [7, 11) is 1.80. The number of nitrogen functional groups attached to an aromatic ring is 1. The van der Waals surface area contributed by atoms with Gasteiger partial charge in [0.2, 0.25) is 11.9 Å². The highest BCUT2D eigenvalue weighted by Gasteiger charge is 2.44. The van der Waals surface area contributed by atoms with E-state index in [1.807, 2.05) is 30.3 Å². The first kappa shape index (κ1) is 15.5. The number of nitrogens with zero attached hydrogens (tertiary/aromatic N) is 3. The van der Waals surface area contributed by atoms with Crippen molar-refractivity contribution in [2.75, 3.05) is 46.7 Å². The van der Waals surface area contributed by atoms with E-state index in [1.54, 1.807) is 7.05 Å². The number of fused-ring (bicyclic) bond motifs is 1. The minimum Gasteiger partial charge on any atom is -0.373 e. The summed E-state index contributed by atoms with van der Waals surface area (Å²) in [5, 5.41) is 9.47. The van der Waals surface area contributed by atoms with Crippen molar-refractivity contribution in [3.05, 3.63) is 30.3 Å². The fourth-order valence-corrected chi connectivity index (χ4v) is 3.47. The maximum Gasteiger partial charge on any atom is 0.250 e. The van der Waals surface area contributed by atoms with Crippen LogP contribution in [-0.2, 0) is 4.79 Å².